The summed E-state index contributed by atoms with van der Waals surface area (Å²) in [5.74, 6) is 0.441. The van der Waals surface area contributed by atoms with E-state index < -0.39 is 19.1 Å². The molecule has 0 bridgehead atoms. The third kappa shape index (κ3) is 7.56. The van der Waals surface area contributed by atoms with Crippen molar-refractivity contribution in [3.63, 3.8) is 0 Å². The van der Waals surface area contributed by atoms with Crippen LogP contribution in [0.2, 0.25) is 0 Å². The Morgan fingerprint density at radius 3 is 2.26 bits per heavy atom. The smallest absolute Gasteiger partial charge is 0.492 e. The van der Waals surface area contributed by atoms with Gasteiger partial charge in [0.2, 0.25) is 0 Å². The van der Waals surface area contributed by atoms with E-state index in [-0.39, 0.29) is 51.4 Å². The predicted octanol–water partition coefficient (Wildman–Crippen LogP) is 1.35. The molecule has 0 spiro atoms. The second-order valence-corrected chi connectivity index (χ2v) is 4.27. The van der Waals surface area contributed by atoms with Crippen LogP contribution in [0.5, 0.6) is 5.75 Å². The molecule has 0 heterocycles. The molecule has 0 unspecified atom stereocenters. The van der Waals surface area contributed by atoms with Crippen LogP contribution >= 0.6 is 0 Å². The van der Waals surface area contributed by atoms with Crippen LogP contribution in [0, 0.1) is 0 Å². The predicted molar refractivity (Wildman–Crippen MR) is 68.8 cm³/mol. The molecule has 1 aromatic rings. The maximum absolute atomic E-state index is 12.2. The molecule has 0 atom stereocenters. The molecule has 6 heteroatoms. The Bertz CT molecular complexity index is 390. The van der Waals surface area contributed by atoms with Crippen molar-refractivity contribution in [2.75, 3.05) is 6.61 Å². The van der Waals surface area contributed by atoms with Crippen LogP contribution in [-0.2, 0) is 6.42 Å². The van der Waals surface area contributed by atoms with Gasteiger partial charge in [-0.05, 0) is 30.5 Å². The maximum Gasteiger partial charge on any atom is 1.00 e. The first-order valence-electron chi connectivity index (χ1n) is 6.03. The second-order valence-electron chi connectivity index (χ2n) is 4.27. The number of hydrogen-bond acceptors (Lipinski definition) is 1. The zero-order valence-electron chi connectivity index (χ0n) is 11.5. The fraction of sp³-hybridized carbons (Fsp3) is 0.385. The number of hydrogen-bond donors (Lipinski definition) is 0. The molecule has 100 valence electrons. The quantitative estimate of drug-likeness (QED) is 0.690. The monoisotopic (exact) mass is 296 g/mol. The number of ether oxygens (including phenoxy) is 1. The van der Waals surface area contributed by atoms with Gasteiger partial charge >= 0.3 is 58.4 Å². The molecule has 1 rings (SSSR count). The Hall–Kier alpha value is 0.251. The average Bonchev–Trinajstić information content (AvgIpc) is 2.33. The fourth-order valence-corrected chi connectivity index (χ4v) is 1.40. The molecule has 0 saturated carbocycles. The van der Waals surface area contributed by atoms with E-state index in [1.165, 1.54) is 5.56 Å². The Morgan fingerprint density at radius 2 is 1.79 bits per heavy atom. The van der Waals surface area contributed by atoms with Crippen LogP contribution < -0.4 is 56.1 Å². The maximum atomic E-state index is 12.2. The van der Waals surface area contributed by atoms with Gasteiger partial charge in [0.1, 0.15) is 5.75 Å². The summed E-state index contributed by atoms with van der Waals surface area (Å²) in [6.07, 6.45) is 3.20. The molecule has 0 aliphatic heterocycles. The van der Waals surface area contributed by atoms with Crippen LogP contribution in [0.15, 0.2) is 36.3 Å². The summed E-state index contributed by atoms with van der Waals surface area (Å²) in [6.45, 7) is -0.419. The van der Waals surface area contributed by atoms with Gasteiger partial charge in [-0.15, -0.1) is 12.1 Å². The van der Waals surface area contributed by atoms with Gasteiger partial charge in [0, 0.05) is 0 Å². The van der Waals surface area contributed by atoms with Gasteiger partial charge in [0.05, 0.1) is 6.61 Å². The minimum absolute atomic E-state index is 0. The van der Waals surface area contributed by atoms with Crippen molar-refractivity contribution >= 4 is 6.98 Å². The summed E-state index contributed by atoms with van der Waals surface area (Å²) in [5.41, 5.74) is 0.355. The standard InChI is InChI=1S/C13H17BF3O.K/c1-3-4-5-12-6-8-13(9-7-12)18-10-11(2)14(15,16)17;/h6-9H,2-5,10H2,1H3;/q-1;+1. The van der Waals surface area contributed by atoms with Crippen molar-refractivity contribution in [3.05, 3.63) is 41.9 Å². The molecule has 0 amide bonds. The minimum Gasteiger partial charge on any atom is -0.492 e. The van der Waals surface area contributed by atoms with Crippen molar-refractivity contribution in [1.29, 1.82) is 0 Å². The molecule has 1 aromatic carbocycles. The van der Waals surface area contributed by atoms with E-state index >= 15 is 0 Å². The van der Waals surface area contributed by atoms with Crippen LogP contribution in [0.25, 0.3) is 0 Å². The molecule has 0 aliphatic carbocycles. The Morgan fingerprint density at radius 1 is 1.21 bits per heavy atom. The van der Waals surface area contributed by atoms with Crippen molar-refractivity contribution in [2.45, 2.75) is 26.2 Å². The molecule has 0 saturated heterocycles. The summed E-state index contributed by atoms with van der Waals surface area (Å²) >= 11 is 0. The first-order valence-corrected chi connectivity index (χ1v) is 6.03. The molecule has 1 nitrogen and oxygen atoms in total. The summed E-state index contributed by atoms with van der Waals surface area (Å²) in [4.78, 5) is 0. The van der Waals surface area contributed by atoms with Crippen LogP contribution in [0.3, 0.4) is 0 Å². The third-order valence-corrected chi connectivity index (χ3v) is 2.63. The van der Waals surface area contributed by atoms with Crippen LogP contribution in [0.4, 0.5) is 12.9 Å². The van der Waals surface area contributed by atoms with Gasteiger partial charge in [-0.3, -0.25) is 0 Å². The normalized spacial score (nSPS) is 10.7. The molecule has 0 N–H and O–H groups in total. The second kappa shape index (κ2) is 9.24. The number of halogens is 3. The summed E-state index contributed by atoms with van der Waals surface area (Å²) < 4.78 is 41.8. The van der Waals surface area contributed by atoms with E-state index in [1.54, 1.807) is 12.1 Å². The van der Waals surface area contributed by atoms with Crippen molar-refractivity contribution in [1.82, 2.24) is 0 Å². The van der Waals surface area contributed by atoms with E-state index in [9.17, 15) is 12.9 Å². The number of unbranched alkanes of at least 4 members (excludes halogenated alkanes) is 1. The summed E-state index contributed by atoms with van der Waals surface area (Å²) in [7, 11) is 0. The Labute approximate surface area is 155 Å². The van der Waals surface area contributed by atoms with Crippen molar-refractivity contribution < 1.29 is 69.1 Å². The molecule has 0 aliphatic rings. The number of benzene rings is 1. The third-order valence-electron chi connectivity index (χ3n) is 2.63. The molecular formula is C13H17BF3KO. The van der Waals surface area contributed by atoms with Gasteiger partial charge in [0.25, 0.3) is 0 Å². The SMILES string of the molecule is C=C(COc1ccc(CCCC)cc1)[B-](F)(F)F.[K+]. The minimum atomic E-state index is -5.01. The van der Waals surface area contributed by atoms with Gasteiger partial charge in [0.15, 0.2) is 0 Å². The van der Waals surface area contributed by atoms with Gasteiger partial charge in [-0.2, -0.15) is 0 Å². The number of rotatable bonds is 7. The number of aryl methyl sites for hydroxylation is 1. The Kier molecular flexibility index (Phi) is 9.36. The van der Waals surface area contributed by atoms with Crippen LogP contribution in [0.1, 0.15) is 25.3 Å². The molecule has 0 fully saturated rings. The van der Waals surface area contributed by atoms with E-state index in [1.807, 2.05) is 12.1 Å². The molecular weight excluding hydrogens is 279 g/mol. The summed E-state index contributed by atoms with van der Waals surface area (Å²) in [6, 6.07) is 7.16. The topological polar surface area (TPSA) is 9.23 Å². The zero-order valence-corrected chi connectivity index (χ0v) is 14.6. The largest absolute Gasteiger partial charge is 1.00 e. The van der Waals surface area contributed by atoms with E-state index in [4.69, 9.17) is 4.74 Å². The van der Waals surface area contributed by atoms with Crippen molar-refractivity contribution in [3.8, 4) is 5.75 Å². The molecule has 0 aromatic heterocycles. The van der Waals surface area contributed by atoms with E-state index in [0.29, 0.717) is 5.75 Å². The van der Waals surface area contributed by atoms with E-state index in [0.717, 1.165) is 19.3 Å². The van der Waals surface area contributed by atoms with Crippen LogP contribution in [-0.4, -0.2) is 13.6 Å². The van der Waals surface area contributed by atoms with Gasteiger partial charge in [-0.25, -0.2) is 0 Å². The average molecular weight is 296 g/mol. The molecule has 0 radical (unpaired) electrons. The van der Waals surface area contributed by atoms with Gasteiger partial charge in [-0.1, -0.05) is 25.5 Å². The zero-order chi connectivity index (χ0) is 13.6. The van der Waals surface area contributed by atoms with Crippen molar-refractivity contribution in [2.24, 2.45) is 0 Å². The Balaban J connectivity index is 0.00000324. The summed E-state index contributed by atoms with van der Waals surface area (Å²) in [5, 5.41) is 0. The first kappa shape index (κ1) is 19.3. The fourth-order valence-electron chi connectivity index (χ4n) is 1.40. The van der Waals surface area contributed by atoms with Gasteiger partial charge < -0.3 is 17.7 Å². The molecule has 19 heavy (non-hydrogen) atoms. The van der Waals surface area contributed by atoms with E-state index in [2.05, 4.69) is 13.5 Å². The first-order chi connectivity index (χ1) is 8.43.